The highest BCUT2D eigenvalue weighted by molar-refractivity contribution is 5.99. The van der Waals surface area contributed by atoms with Gasteiger partial charge in [-0.2, -0.15) is 0 Å². The predicted octanol–water partition coefficient (Wildman–Crippen LogP) is 5.26. The fraction of sp³-hybridized carbons (Fsp3) is 0.111. The van der Waals surface area contributed by atoms with Gasteiger partial charge in [-0.25, -0.2) is 4.98 Å². The summed E-state index contributed by atoms with van der Waals surface area (Å²) in [5.41, 5.74) is 10.5. The van der Waals surface area contributed by atoms with E-state index >= 15 is 0 Å². The fourth-order valence-electron chi connectivity index (χ4n) is 4.34. The molecular weight excluding hydrogens is 396 g/mol. The highest BCUT2D eigenvalue weighted by Gasteiger charge is 2.17. The number of rotatable bonds is 6. The van der Waals surface area contributed by atoms with Gasteiger partial charge in [-0.05, 0) is 34.9 Å². The van der Waals surface area contributed by atoms with Crippen molar-refractivity contribution in [3.63, 3.8) is 0 Å². The molecule has 5 heteroatoms. The highest BCUT2D eigenvalue weighted by atomic mass is 16.1. The summed E-state index contributed by atoms with van der Waals surface area (Å²) in [6.07, 6.45) is 5.69. The smallest absolute Gasteiger partial charge is 0.265 e. The lowest BCUT2D eigenvalue weighted by Crippen LogP contribution is -2.18. The first-order chi connectivity index (χ1) is 15.6. The topological polar surface area (TPSA) is 65.8 Å². The van der Waals surface area contributed by atoms with Gasteiger partial charge in [0.2, 0.25) is 0 Å². The minimum Gasteiger partial charge on any atom is -0.364 e. The van der Waals surface area contributed by atoms with Gasteiger partial charge in [0.1, 0.15) is 5.69 Å². The van der Waals surface area contributed by atoms with Crippen LogP contribution in [0.4, 0.5) is 0 Å². The molecule has 2 heterocycles. The molecule has 32 heavy (non-hydrogen) atoms. The number of aromatic nitrogens is 3. The van der Waals surface area contributed by atoms with Crippen LogP contribution in [-0.4, -0.2) is 20.0 Å². The molecule has 158 valence electrons. The van der Waals surface area contributed by atoms with Crippen molar-refractivity contribution in [2.75, 3.05) is 0 Å². The van der Waals surface area contributed by atoms with Crippen LogP contribution in [0.3, 0.4) is 0 Å². The standard InChI is InChI=1S/C27H24N4O/c1-19(20-8-3-2-4-9-20)31-18-29-15-23(31)17-30-16-22(14-26(30)27(28)32)25-13-7-11-21-10-5-6-12-24(21)25/h2-16,18-19H,17H2,1H3,(H2,28,32)/t19-/m1/s1. The van der Waals surface area contributed by atoms with Crippen LogP contribution in [-0.2, 0) is 6.54 Å². The van der Waals surface area contributed by atoms with E-state index in [-0.39, 0.29) is 6.04 Å². The van der Waals surface area contributed by atoms with Crippen molar-refractivity contribution in [1.82, 2.24) is 14.1 Å². The first-order valence-electron chi connectivity index (χ1n) is 10.7. The summed E-state index contributed by atoms with van der Waals surface area (Å²) >= 11 is 0. The minimum absolute atomic E-state index is 0.124. The van der Waals surface area contributed by atoms with E-state index in [1.54, 1.807) is 0 Å². The number of hydrogen-bond acceptors (Lipinski definition) is 2. The maximum Gasteiger partial charge on any atom is 0.265 e. The third kappa shape index (κ3) is 3.58. The maximum atomic E-state index is 12.3. The zero-order valence-electron chi connectivity index (χ0n) is 17.8. The van der Waals surface area contributed by atoms with Gasteiger partial charge in [-0.3, -0.25) is 4.79 Å². The molecule has 1 amide bonds. The van der Waals surface area contributed by atoms with Crippen LogP contribution in [0.15, 0.2) is 97.6 Å². The minimum atomic E-state index is -0.446. The Hall–Kier alpha value is -4.12. The van der Waals surface area contributed by atoms with Crippen molar-refractivity contribution >= 4 is 16.7 Å². The number of amides is 1. The molecule has 0 saturated carbocycles. The average molecular weight is 421 g/mol. The Morgan fingerprint density at radius 2 is 1.75 bits per heavy atom. The summed E-state index contributed by atoms with van der Waals surface area (Å²) in [5, 5.41) is 2.30. The number of nitrogens with two attached hydrogens (primary N) is 1. The number of imidazole rings is 1. The van der Waals surface area contributed by atoms with E-state index in [1.165, 1.54) is 5.56 Å². The molecule has 3 aromatic carbocycles. The first-order valence-corrected chi connectivity index (χ1v) is 10.7. The second-order valence-electron chi connectivity index (χ2n) is 8.01. The molecule has 0 fully saturated rings. The zero-order valence-corrected chi connectivity index (χ0v) is 17.8. The van der Waals surface area contributed by atoms with Gasteiger partial charge in [0.05, 0.1) is 24.6 Å². The summed E-state index contributed by atoms with van der Waals surface area (Å²) in [4.78, 5) is 16.7. The Kier molecular flexibility index (Phi) is 5.07. The van der Waals surface area contributed by atoms with E-state index in [2.05, 4.69) is 52.9 Å². The Morgan fingerprint density at radius 3 is 2.56 bits per heavy atom. The van der Waals surface area contributed by atoms with Crippen LogP contribution >= 0.6 is 0 Å². The summed E-state index contributed by atoms with van der Waals surface area (Å²) in [6.45, 7) is 2.65. The lowest BCUT2D eigenvalue weighted by Gasteiger charge is -2.18. The second-order valence-corrected chi connectivity index (χ2v) is 8.01. The van der Waals surface area contributed by atoms with E-state index < -0.39 is 5.91 Å². The molecule has 0 spiro atoms. The van der Waals surface area contributed by atoms with Crippen LogP contribution < -0.4 is 5.73 Å². The summed E-state index contributed by atoms with van der Waals surface area (Å²) in [7, 11) is 0. The third-order valence-electron chi connectivity index (χ3n) is 6.03. The largest absolute Gasteiger partial charge is 0.364 e. The lowest BCUT2D eigenvalue weighted by atomic mass is 10.0. The maximum absolute atomic E-state index is 12.3. The lowest BCUT2D eigenvalue weighted by molar-refractivity contribution is 0.0992. The van der Waals surface area contributed by atoms with Crippen molar-refractivity contribution in [2.45, 2.75) is 19.5 Å². The number of carbonyl (C=O) groups excluding carboxylic acids is 1. The van der Waals surface area contributed by atoms with E-state index in [4.69, 9.17) is 5.73 Å². The number of carbonyl (C=O) groups is 1. The van der Waals surface area contributed by atoms with Crippen molar-refractivity contribution in [1.29, 1.82) is 0 Å². The van der Waals surface area contributed by atoms with Crippen LogP contribution in [0.5, 0.6) is 0 Å². The van der Waals surface area contributed by atoms with Gasteiger partial charge < -0.3 is 14.9 Å². The monoisotopic (exact) mass is 420 g/mol. The van der Waals surface area contributed by atoms with Crippen LogP contribution in [0.25, 0.3) is 21.9 Å². The van der Waals surface area contributed by atoms with Gasteiger partial charge in [0, 0.05) is 18.0 Å². The SMILES string of the molecule is C[C@H](c1ccccc1)n1cncc1Cn1cc(-c2cccc3ccccc23)cc1C(N)=O. The molecule has 0 aliphatic carbocycles. The van der Waals surface area contributed by atoms with Crippen molar-refractivity contribution in [3.05, 3.63) is 115 Å². The van der Waals surface area contributed by atoms with Gasteiger partial charge in [-0.15, -0.1) is 0 Å². The molecule has 5 aromatic rings. The van der Waals surface area contributed by atoms with Gasteiger partial charge in [0.25, 0.3) is 5.91 Å². The normalized spacial score (nSPS) is 12.2. The summed E-state index contributed by atoms with van der Waals surface area (Å²) in [6, 6.07) is 26.8. The van der Waals surface area contributed by atoms with Crippen LogP contribution in [0, 0.1) is 0 Å². The van der Waals surface area contributed by atoms with Crippen molar-refractivity contribution in [3.8, 4) is 11.1 Å². The van der Waals surface area contributed by atoms with E-state index in [1.807, 2.05) is 65.8 Å². The van der Waals surface area contributed by atoms with E-state index in [9.17, 15) is 4.79 Å². The van der Waals surface area contributed by atoms with E-state index in [0.29, 0.717) is 12.2 Å². The van der Waals surface area contributed by atoms with E-state index in [0.717, 1.165) is 27.6 Å². The highest BCUT2D eigenvalue weighted by Crippen LogP contribution is 2.30. The van der Waals surface area contributed by atoms with Crippen molar-refractivity contribution < 1.29 is 4.79 Å². The predicted molar refractivity (Wildman–Crippen MR) is 127 cm³/mol. The van der Waals surface area contributed by atoms with Crippen molar-refractivity contribution in [2.24, 2.45) is 5.73 Å². The molecular formula is C27H24N4O. The van der Waals surface area contributed by atoms with Gasteiger partial charge >= 0.3 is 0 Å². The molecule has 1 atom stereocenters. The van der Waals surface area contributed by atoms with Crippen LogP contribution in [0.1, 0.15) is 34.7 Å². The van der Waals surface area contributed by atoms with Gasteiger partial charge in [-0.1, -0.05) is 72.8 Å². The molecule has 5 rings (SSSR count). The number of fused-ring (bicyclic) bond motifs is 1. The molecule has 0 bridgehead atoms. The van der Waals surface area contributed by atoms with Crippen LogP contribution in [0.2, 0.25) is 0 Å². The molecule has 0 unspecified atom stereocenters. The molecule has 0 aliphatic rings. The zero-order chi connectivity index (χ0) is 22.1. The van der Waals surface area contributed by atoms with Gasteiger partial charge in [0.15, 0.2) is 0 Å². The quantitative estimate of drug-likeness (QED) is 0.407. The fourth-order valence-corrected chi connectivity index (χ4v) is 4.34. The Morgan fingerprint density at radius 1 is 1.00 bits per heavy atom. The molecule has 0 radical (unpaired) electrons. The number of primary amides is 1. The molecule has 0 aliphatic heterocycles. The number of hydrogen-bond donors (Lipinski definition) is 1. The molecule has 0 saturated heterocycles. The molecule has 2 aromatic heterocycles. The Labute approximate surface area is 186 Å². The second kappa shape index (κ2) is 8.19. The number of benzene rings is 3. The Balaban J connectivity index is 1.54. The molecule has 5 nitrogen and oxygen atoms in total. The first kappa shape index (κ1) is 19.8. The Bertz CT molecular complexity index is 1390. The number of nitrogens with zero attached hydrogens (tertiary/aromatic N) is 3. The summed E-state index contributed by atoms with van der Waals surface area (Å²) < 4.78 is 4.06. The molecule has 2 N–H and O–H groups in total. The average Bonchev–Trinajstić information content (AvgIpc) is 3.46. The third-order valence-corrected chi connectivity index (χ3v) is 6.03. The summed E-state index contributed by atoms with van der Waals surface area (Å²) in [5.74, 6) is -0.446.